The highest BCUT2D eigenvalue weighted by Crippen LogP contribution is 2.26. The second kappa shape index (κ2) is 8.11. The predicted octanol–water partition coefficient (Wildman–Crippen LogP) is 5.48. The SMILES string of the molecule is C=C/C=C(C)\C(=C/C)C1=CC/C(=C\C(C)=NC=C)C=C1. The number of aliphatic imine (C=N–C) groups is 1. The van der Waals surface area contributed by atoms with E-state index in [0.717, 1.165) is 12.1 Å². The summed E-state index contributed by atoms with van der Waals surface area (Å²) in [6, 6.07) is 0. The second-order valence-electron chi connectivity index (χ2n) is 4.66. The van der Waals surface area contributed by atoms with Gasteiger partial charge in [-0.25, -0.2) is 0 Å². The molecule has 0 bridgehead atoms. The minimum Gasteiger partial charge on any atom is -0.262 e. The maximum Gasteiger partial charge on any atom is 0.0375 e. The van der Waals surface area contributed by atoms with E-state index < -0.39 is 0 Å². The summed E-state index contributed by atoms with van der Waals surface area (Å²) < 4.78 is 0. The largest absolute Gasteiger partial charge is 0.262 e. The lowest BCUT2D eigenvalue weighted by Gasteiger charge is -2.13. The van der Waals surface area contributed by atoms with Crippen LogP contribution in [-0.4, -0.2) is 5.71 Å². The van der Waals surface area contributed by atoms with E-state index in [1.165, 1.54) is 22.3 Å². The molecular weight excluding hydrogens is 242 g/mol. The van der Waals surface area contributed by atoms with Gasteiger partial charge in [-0.05, 0) is 55.6 Å². The molecule has 1 nitrogen and oxygen atoms in total. The summed E-state index contributed by atoms with van der Waals surface area (Å²) in [6.45, 7) is 13.5. The van der Waals surface area contributed by atoms with Crippen LogP contribution in [-0.2, 0) is 0 Å². The summed E-state index contributed by atoms with van der Waals surface area (Å²) >= 11 is 0. The van der Waals surface area contributed by atoms with Crippen LogP contribution in [0.4, 0.5) is 0 Å². The Morgan fingerprint density at radius 2 is 2.00 bits per heavy atom. The standard InChI is InChI=1S/C19H23N/c1-6-9-15(4)19(7-2)18-12-10-17(11-13-18)14-16(5)20-8-3/h6-10,12-14H,1,3,11H2,2,4-5H3/b15-9-,17-14-,19-7+,20-16?. The van der Waals surface area contributed by atoms with Gasteiger partial charge in [0.2, 0.25) is 0 Å². The van der Waals surface area contributed by atoms with E-state index >= 15 is 0 Å². The summed E-state index contributed by atoms with van der Waals surface area (Å²) in [6.07, 6.45) is 17.2. The maximum atomic E-state index is 4.16. The lowest BCUT2D eigenvalue weighted by atomic mass is 9.92. The van der Waals surface area contributed by atoms with Crippen LogP contribution in [0.5, 0.6) is 0 Å². The Balaban J connectivity index is 2.91. The number of hydrogen-bond donors (Lipinski definition) is 0. The average molecular weight is 265 g/mol. The van der Waals surface area contributed by atoms with Gasteiger partial charge in [0.25, 0.3) is 0 Å². The van der Waals surface area contributed by atoms with Crippen molar-refractivity contribution < 1.29 is 0 Å². The van der Waals surface area contributed by atoms with Crippen LogP contribution in [0, 0.1) is 0 Å². The van der Waals surface area contributed by atoms with Crippen LogP contribution >= 0.6 is 0 Å². The molecule has 0 spiro atoms. The van der Waals surface area contributed by atoms with Crippen LogP contribution in [0.2, 0.25) is 0 Å². The molecule has 0 aromatic rings. The van der Waals surface area contributed by atoms with Crippen molar-refractivity contribution in [2.45, 2.75) is 27.2 Å². The Hall–Kier alpha value is -2.15. The number of nitrogens with zero attached hydrogens (tertiary/aromatic N) is 1. The fourth-order valence-electron chi connectivity index (χ4n) is 2.21. The summed E-state index contributed by atoms with van der Waals surface area (Å²) in [4.78, 5) is 4.16. The van der Waals surface area contributed by atoms with Gasteiger partial charge in [0, 0.05) is 11.9 Å². The van der Waals surface area contributed by atoms with E-state index in [1.807, 2.05) is 19.1 Å². The Labute approximate surface area is 122 Å². The van der Waals surface area contributed by atoms with E-state index in [1.54, 1.807) is 6.20 Å². The molecule has 0 amide bonds. The molecule has 20 heavy (non-hydrogen) atoms. The molecule has 1 aliphatic carbocycles. The Bertz CT molecular complexity index is 561. The second-order valence-corrected chi connectivity index (χ2v) is 4.66. The normalized spacial score (nSPS) is 19.1. The average Bonchev–Trinajstić information content (AvgIpc) is 2.42. The first-order valence-electron chi connectivity index (χ1n) is 6.82. The van der Waals surface area contributed by atoms with Crippen molar-refractivity contribution in [2.24, 2.45) is 4.99 Å². The molecule has 0 saturated heterocycles. The first-order valence-corrected chi connectivity index (χ1v) is 6.82. The molecular formula is C19H23N. The van der Waals surface area contributed by atoms with Gasteiger partial charge >= 0.3 is 0 Å². The molecule has 0 aliphatic heterocycles. The van der Waals surface area contributed by atoms with Crippen LogP contribution in [0.25, 0.3) is 0 Å². The molecule has 104 valence electrons. The zero-order chi connectivity index (χ0) is 15.0. The van der Waals surface area contributed by atoms with Gasteiger partial charge in [0.15, 0.2) is 0 Å². The van der Waals surface area contributed by atoms with Gasteiger partial charge in [0.05, 0.1) is 0 Å². The molecule has 0 aromatic carbocycles. The molecule has 1 heteroatoms. The van der Waals surface area contributed by atoms with Crippen LogP contribution in [0.1, 0.15) is 27.2 Å². The highest BCUT2D eigenvalue weighted by Gasteiger charge is 2.07. The first-order chi connectivity index (χ1) is 9.62. The van der Waals surface area contributed by atoms with Crippen molar-refractivity contribution in [3.8, 4) is 0 Å². The number of hydrogen-bond acceptors (Lipinski definition) is 1. The lowest BCUT2D eigenvalue weighted by molar-refractivity contribution is 1.21. The van der Waals surface area contributed by atoms with E-state index in [2.05, 4.69) is 62.4 Å². The van der Waals surface area contributed by atoms with Crippen molar-refractivity contribution in [1.29, 1.82) is 0 Å². The molecule has 1 aliphatic rings. The van der Waals surface area contributed by atoms with Crippen LogP contribution < -0.4 is 0 Å². The molecule has 0 radical (unpaired) electrons. The van der Waals surface area contributed by atoms with E-state index in [0.29, 0.717) is 0 Å². The molecule has 1 rings (SSSR count). The van der Waals surface area contributed by atoms with Crippen molar-refractivity contribution in [1.82, 2.24) is 0 Å². The van der Waals surface area contributed by atoms with Gasteiger partial charge in [0.1, 0.15) is 0 Å². The molecule has 0 heterocycles. The zero-order valence-corrected chi connectivity index (χ0v) is 12.7. The van der Waals surface area contributed by atoms with Crippen LogP contribution in [0.3, 0.4) is 0 Å². The molecule has 0 fully saturated rings. The first kappa shape index (κ1) is 15.9. The summed E-state index contributed by atoms with van der Waals surface area (Å²) in [5, 5.41) is 0. The monoisotopic (exact) mass is 265 g/mol. The number of allylic oxidation sites excluding steroid dienone is 11. The highest BCUT2D eigenvalue weighted by molar-refractivity contribution is 5.94. The molecule has 0 N–H and O–H groups in total. The summed E-state index contributed by atoms with van der Waals surface area (Å²) in [5.74, 6) is 0. The minimum absolute atomic E-state index is 0.925. The fraction of sp³-hybridized carbons (Fsp3) is 0.211. The Kier molecular flexibility index (Phi) is 6.45. The van der Waals surface area contributed by atoms with Crippen molar-refractivity contribution in [2.75, 3.05) is 0 Å². The van der Waals surface area contributed by atoms with E-state index in [9.17, 15) is 0 Å². The van der Waals surface area contributed by atoms with Gasteiger partial charge in [-0.1, -0.05) is 49.6 Å². The lowest BCUT2D eigenvalue weighted by Crippen LogP contribution is -1.96. The van der Waals surface area contributed by atoms with Crippen molar-refractivity contribution in [3.63, 3.8) is 0 Å². The van der Waals surface area contributed by atoms with Gasteiger partial charge < -0.3 is 0 Å². The topological polar surface area (TPSA) is 12.4 Å². The molecule has 0 unspecified atom stereocenters. The van der Waals surface area contributed by atoms with Crippen LogP contribution in [0.15, 0.2) is 89.2 Å². The highest BCUT2D eigenvalue weighted by atomic mass is 14.7. The molecule has 0 atom stereocenters. The third-order valence-electron chi connectivity index (χ3n) is 3.12. The van der Waals surface area contributed by atoms with Gasteiger partial charge in [-0.3, -0.25) is 4.99 Å². The minimum atomic E-state index is 0.925. The predicted molar refractivity (Wildman–Crippen MR) is 90.9 cm³/mol. The maximum absolute atomic E-state index is 4.16. The van der Waals surface area contributed by atoms with Crippen molar-refractivity contribution >= 4 is 5.71 Å². The molecule has 0 aromatic heterocycles. The zero-order valence-electron chi connectivity index (χ0n) is 12.7. The Morgan fingerprint density at radius 1 is 1.25 bits per heavy atom. The smallest absolute Gasteiger partial charge is 0.0375 e. The third-order valence-corrected chi connectivity index (χ3v) is 3.12. The third kappa shape index (κ3) is 4.51. The van der Waals surface area contributed by atoms with Gasteiger partial charge in [-0.2, -0.15) is 0 Å². The summed E-state index contributed by atoms with van der Waals surface area (Å²) in [5.41, 5.74) is 5.99. The van der Waals surface area contributed by atoms with Gasteiger partial charge in [-0.15, -0.1) is 0 Å². The molecule has 0 saturated carbocycles. The van der Waals surface area contributed by atoms with Crippen molar-refractivity contribution in [3.05, 3.63) is 84.2 Å². The van der Waals surface area contributed by atoms with E-state index in [-0.39, 0.29) is 0 Å². The number of rotatable bonds is 5. The quantitative estimate of drug-likeness (QED) is 0.461. The van der Waals surface area contributed by atoms with E-state index in [4.69, 9.17) is 0 Å². The fourth-order valence-corrected chi connectivity index (χ4v) is 2.21. The Morgan fingerprint density at radius 3 is 2.50 bits per heavy atom. The summed E-state index contributed by atoms with van der Waals surface area (Å²) in [7, 11) is 0.